The quantitative estimate of drug-likeness (QED) is 0.140. The van der Waals surface area contributed by atoms with Crippen molar-refractivity contribution in [3.8, 4) is 11.4 Å². The van der Waals surface area contributed by atoms with Crippen molar-refractivity contribution < 1.29 is 24.3 Å². The number of amides is 1. The molecule has 4 aromatic heterocycles. The van der Waals surface area contributed by atoms with Crippen LogP contribution < -0.4 is 15.3 Å². The number of hydroxylamine groups is 1. The fourth-order valence-electron chi connectivity index (χ4n) is 4.59. The number of rotatable bonds is 8. The molecule has 0 aliphatic carbocycles. The van der Waals surface area contributed by atoms with Gasteiger partial charge >= 0.3 is 5.97 Å². The van der Waals surface area contributed by atoms with Gasteiger partial charge in [-0.25, -0.2) is 25.4 Å². The molecular weight excluding hydrogens is 550 g/mol. The van der Waals surface area contributed by atoms with Gasteiger partial charge in [-0.2, -0.15) is 5.10 Å². The summed E-state index contributed by atoms with van der Waals surface area (Å²) in [6, 6.07) is 7.85. The number of carbonyl (C=O) groups is 2. The van der Waals surface area contributed by atoms with Crippen molar-refractivity contribution in [2.75, 3.05) is 49.8 Å². The number of anilines is 2. The van der Waals surface area contributed by atoms with E-state index in [2.05, 4.69) is 25.1 Å². The average molecular weight is 576 g/mol. The fourth-order valence-corrected chi connectivity index (χ4v) is 5.72. The Morgan fingerprint density at radius 2 is 2.00 bits per heavy atom. The molecule has 1 amide bonds. The maximum absolute atomic E-state index is 12.3. The summed E-state index contributed by atoms with van der Waals surface area (Å²) in [6.07, 6.45) is 4.31. The normalized spacial score (nSPS) is 13.5. The van der Waals surface area contributed by atoms with Crippen molar-refractivity contribution >= 4 is 56.1 Å². The molecule has 1 aliphatic heterocycles. The van der Waals surface area contributed by atoms with E-state index < -0.39 is 11.9 Å². The van der Waals surface area contributed by atoms with Crippen LogP contribution in [0.1, 0.15) is 15.2 Å². The monoisotopic (exact) mass is 575 g/mol. The molecule has 0 radical (unpaired) electrons. The number of nitrogens with one attached hydrogen (secondary N) is 2. The average Bonchev–Trinajstić information content (AvgIpc) is 3.67. The number of benzene rings is 1. The van der Waals surface area contributed by atoms with Crippen LogP contribution in [0.25, 0.3) is 32.5 Å². The first kappa shape index (κ1) is 26.5. The predicted molar refractivity (Wildman–Crippen MR) is 150 cm³/mol. The minimum absolute atomic E-state index is 0.0710. The first-order valence-electron chi connectivity index (χ1n) is 12.7. The van der Waals surface area contributed by atoms with Gasteiger partial charge < -0.3 is 19.3 Å². The number of esters is 1. The Morgan fingerprint density at radius 1 is 1.20 bits per heavy atom. The maximum Gasteiger partial charge on any atom is 0.325 e. The molecule has 3 N–H and O–H groups in total. The van der Waals surface area contributed by atoms with Gasteiger partial charge in [-0.15, -0.1) is 11.3 Å². The van der Waals surface area contributed by atoms with Gasteiger partial charge in [0.05, 0.1) is 54.4 Å². The summed E-state index contributed by atoms with van der Waals surface area (Å²) in [6.45, 7) is 2.76. The first-order chi connectivity index (χ1) is 20.0. The van der Waals surface area contributed by atoms with E-state index in [0.29, 0.717) is 32.1 Å². The lowest BCUT2D eigenvalue weighted by molar-refractivity contribution is -0.139. The Hall–Kier alpha value is -4.73. The number of ether oxygens (including phenoxy) is 2. The third kappa shape index (κ3) is 5.37. The van der Waals surface area contributed by atoms with Crippen molar-refractivity contribution in [3.05, 3.63) is 53.3 Å². The van der Waals surface area contributed by atoms with E-state index in [1.165, 1.54) is 30.8 Å². The summed E-state index contributed by atoms with van der Waals surface area (Å²) in [5, 5.41) is 17.0. The molecule has 1 fully saturated rings. The molecule has 1 aromatic carbocycles. The van der Waals surface area contributed by atoms with E-state index in [-0.39, 0.29) is 24.6 Å². The molecule has 0 spiro atoms. The second-order valence-corrected chi connectivity index (χ2v) is 10.3. The van der Waals surface area contributed by atoms with Gasteiger partial charge in [0.15, 0.2) is 11.6 Å². The van der Waals surface area contributed by atoms with Crippen LogP contribution in [-0.4, -0.2) is 87.2 Å². The van der Waals surface area contributed by atoms with Gasteiger partial charge in [0.1, 0.15) is 6.54 Å². The highest BCUT2D eigenvalue weighted by atomic mass is 32.1. The molecule has 14 nitrogen and oxygen atoms in total. The topological polar surface area (TPSA) is 172 Å². The number of methoxy groups -OCH3 is 1. The number of morpholine rings is 1. The molecule has 5 heterocycles. The lowest BCUT2D eigenvalue weighted by atomic mass is 10.1. The molecule has 0 saturated carbocycles. The van der Waals surface area contributed by atoms with E-state index in [9.17, 15) is 9.59 Å². The number of hydrogen-bond donors (Lipinski definition) is 3. The summed E-state index contributed by atoms with van der Waals surface area (Å²) in [7, 11) is 1.31. The largest absolute Gasteiger partial charge is 0.468 e. The first-order valence-corrected chi connectivity index (χ1v) is 13.5. The van der Waals surface area contributed by atoms with Crippen LogP contribution >= 0.6 is 11.3 Å². The van der Waals surface area contributed by atoms with Crippen molar-refractivity contribution in [3.63, 3.8) is 0 Å². The lowest BCUT2D eigenvalue weighted by Crippen LogP contribution is -2.36. The summed E-state index contributed by atoms with van der Waals surface area (Å²) in [4.78, 5) is 47.1. The van der Waals surface area contributed by atoms with E-state index in [4.69, 9.17) is 24.6 Å². The summed E-state index contributed by atoms with van der Waals surface area (Å²) in [5.74, 6) is 0.407. The molecule has 5 aromatic rings. The van der Waals surface area contributed by atoms with Crippen LogP contribution in [0.15, 0.2) is 42.9 Å². The smallest absolute Gasteiger partial charge is 0.325 e. The van der Waals surface area contributed by atoms with Gasteiger partial charge in [-0.1, -0.05) is 12.1 Å². The molecule has 6 rings (SSSR count). The zero-order valence-electron chi connectivity index (χ0n) is 21.9. The molecule has 1 saturated heterocycles. The van der Waals surface area contributed by atoms with Crippen LogP contribution in [0.4, 0.5) is 11.8 Å². The van der Waals surface area contributed by atoms with Crippen LogP contribution in [0, 0.1) is 0 Å². The molecule has 41 heavy (non-hydrogen) atoms. The molecule has 15 heteroatoms. The van der Waals surface area contributed by atoms with Gasteiger partial charge in [0, 0.05) is 41.3 Å². The Labute approximate surface area is 236 Å². The van der Waals surface area contributed by atoms with E-state index in [0.717, 1.165) is 37.4 Å². The number of carbonyl (C=O) groups excluding carboxylic acids is 2. The predicted octanol–water partition coefficient (Wildman–Crippen LogP) is 2.16. The third-order valence-electron chi connectivity index (χ3n) is 6.62. The van der Waals surface area contributed by atoms with Gasteiger partial charge in [0.2, 0.25) is 5.95 Å². The van der Waals surface area contributed by atoms with E-state index in [1.807, 2.05) is 24.3 Å². The second kappa shape index (κ2) is 11.4. The van der Waals surface area contributed by atoms with Crippen LogP contribution in [0.2, 0.25) is 0 Å². The summed E-state index contributed by atoms with van der Waals surface area (Å²) < 4.78 is 11.4. The number of aromatic nitrogens is 6. The second-order valence-electron chi connectivity index (χ2n) is 9.18. The lowest BCUT2D eigenvalue weighted by Gasteiger charge is -2.28. The zero-order chi connectivity index (χ0) is 28.3. The molecular formula is C26H25N9O5S. The van der Waals surface area contributed by atoms with Gasteiger partial charge in [-0.3, -0.25) is 19.9 Å². The van der Waals surface area contributed by atoms with Crippen LogP contribution in [0.5, 0.6) is 0 Å². The summed E-state index contributed by atoms with van der Waals surface area (Å²) in [5.41, 5.74) is 4.15. The van der Waals surface area contributed by atoms with Crippen molar-refractivity contribution in [1.29, 1.82) is 0 Å². The van der Waals surface area contributed by atoms with E-state index in [1.54, 1.807) is 16.6 Å². The minimum atomic E-state index is -0.739. The van der Waals surface area contributed by atoms with Crippen LogP contribution in [0.3, 0.4) is 0 Å². The molecule has 0 atom stereocenters. The number of thiophene rings is 1. The van der Waals surface area contributed by atoms with Gasteiger partial charge in [0.25, 0.3) is 5.91 Å². The van der Waals surface area contributed by atoms with Gasteiger partial charge in [-0.05, 0) is 12.1 Å². The Bertz CT molecular complexity index is 1720. The SMILES string of the molecule is COC(=O)CN(Cc1cc2nc(-c3cccc4[nH]ncc34)nc(N3CCOCC3)c2s1)c1ncc(C(=O)NO)cn1. The molecule has 0 unspecified atom stereocenters. The van der Waals surface area contributed by atoms with Crippen molar-refractivity contribution in [1.82, 2.24) is 35.6 Å². The number of H-pyrrole nitrogens is 1. The molecule has 0 bridgehead atoms. The minimum Gasteiger partial charge on any atom is -0.468 e. The van der Waals surface area contributed by atoms with Crippen molar-refractivity contribution in [2.45, 2.75) is 6.54 Å². The van der Waals surface area contributed by atoms with Crippen molar-refractivity contribution in [2.24, 2.45) is 0 Å². The van der Waals surface area contributed by atoms with E-state index >= 15 is 0 Å². The van der Waals surface area contributed by atoms with Crippen LogP contribution in [-0.2, 0) is 20.8 Å². The number of hydrogen-bond acceptors (Lipinski definition) is 13. The zero-order valence-corrected chi connectivity index (χ0v) is 22.7. The Balaban J connectivity index is 1.40. The number of nitrogens with zero attached hydrogens (tertiary/aromatic N) is 7. The third-order valence-corrected chi connectivity index (χ3v) is 7.73. The fraction of sp³-hybridized carbons (Fsp3) is 0.269. The standard InChI is InChI=1S/C26H25N9O5S/c1-39-21(36)14-35(26-27-10-15(11-28-26)25(37)33-38)13-16-9-20-22(41-16)24(34-5-7-40-8-6-34)31-23(30-20)17-3-2-4-19-18(17)12-29-32-19/h2-4,9-12,38H,5-8,13-14H2,1H3,(H,29,32)(H,33,37). The number of fused-ring (bicyclic) bond motifs is 2. The summed E-state index contributed by atoms with van der Waals surface area (Å²) >= 11 is 1.52. The highest BCUT2D eigenvalue weighted by molar-refractivity contribution is 7.19. The Kier molecular flexibility index (Phi) is 7.37. The molecule has 1 aliphatic rings. The maximum atomic E-state index is 12.3. The molecule has 210 valence electrons. The number of aromatic amines is 1. The highest BCUT2D eigenvalue weighted by Crippen LogP contribution is 2.36. The Morgan fingerprint density at radius 3 is 2.76 bits per heavy atom. The highest BCUT2D eigenvalue weighted by Gasteiger charge is 2.23.